The van der Waals surface area contributed by atoms with Gasteiger partial charge in [0.05, 0.1) is 18.8 Å². The average Bonchev–Trinajstić information content (AvgIpc) is 2.65. The van der Waals surface area contributed by atoms with Crippen molar-refractivity contribution < 1.29 is 18.7 Å². The molecule has 0 saturated carbocycles. The lowest BCUT2D eigenvalue weighted by atomic mass is 10.0. The maximum absolute atomic E-state index is 13.6. The van der Waals surface area contributed by atoms with Gasteiger partial charge in [0.25, 0.3) is 0 Å². The van der Waals surface area contributed by atoms with Gasteiger partial charge in [-0.2, -0.15) is 0 Å². The first-order chi connectivity index (χ1) is 10.3. The van der Waals surface area contributed by atoms with Crippen LogP contribution in [0.1, 0.15) is 44.5 Å². The van der Waals surface area contributed by atoms with Gasteiger partial charge >= 0.3 is 6.09 Å². The predicted octanol–water partition coefficient (Wildman–Crippen LogP) is 3.23. The molecule has 0 aliphatic carbocycles. The zero-order valence-electron chi connectivity index (χ0n) is 13.6. The minimum Gasteiger partial charge on any atom is -0.444 e. The number of hydrogen-bond donors (Lipinski definition) is 0. The third kappa shape index (κ3) is 4.16. The van der Waals surface area contributed by atoms with Crippen molar-refractivity contribution in [3.8, 4) is 0 Å². The van der Waals surface area contributed by atoms with E-state index in [0.717, 1.165) is 0 Å². The van der Waals surface area contributed by atoms with Gasteiger partial charge < -0.3 is 9.47 Å². The van der Waals surface area contributed by atoms with E-state index in [-0.39, 0.29) is 6.04 Å². The zero-order valence-corrected chi connectivity index (χ0v) is 13.6. The summed E-state index contributed by atoms with van der Waals surface area (Å²) in [6.45, 7) is 8.65. The van der Waals surface area contributed by atoms with Gasteiger partial charge in [0.2, 0.25) is 0 Å². The molecule has 1 amide bonds. The molecule has 0 bridgehead atoms. The first-order valence-corrected chi connectivity index (χ1v) is 7.47. The van der Waals surface area contributed by atoms with E-state index in [4.69, 9.17) is 9.47 Å². The van der Waals surface area contributed by atoms with Gasteiger partial charge in [0, 0.05) is 18.8 Å². The number of carbonyl (C=O) groups is 1. The number of aromatic nitrogens is 1. The van der Waals surface area contributed by atoms with E-state index in [1.807, 2.05) is 27.7 Å². The molecular weight excluding hydrogens is 287 g/mol. The number of halogens is 1. The molecule has 2 heterocycles. The highest BCUT2D eigenvalue weighted by Crippen LogP contribution is 2.29. The Kier molecular flexibility index (Phi) is 5.01. The zero-order chi connectivity index (χ0) is 16.3. The summed E-state index contributed by atoms with van der Waals surface area (Å²) in [4.78, 5) is 18.2. The van der Waals surface area contributed by atoms with Crippen molar-refractivity contribution in [1.29, 1.82) is 0 Å². The molecule has 0 aromatic carbocycles. The number of nitrogens with zero attached hydrogens (tertiary/aromatic N) is 2. The van der Waals surface area contributed by atoms with Crippen LogP contribution in [0.2, 0.25) is 0 Å². The lowest BCUT2D eigenvalue weighted by Crippen LogP contribution is -2.40. The Bertz CT molecular complexity index is 543. The Morgan fingerprint density at radius 3 is 2.86 bits per heavy atom. The molecule has 2 rings (SSSR count). The van der Waals surface area contributed by atoms with E-state index in [9.17, 15) is 9.18 Å². The SMILES string of the molecule is Cc1ncc(F)cc1C1CCOCCN1C(=O)OC(C)(C)C. The summed E-state index contributed by atoms with van der Waals surface area (Å²) in [6, 6.07) is 1.15. The van der Waals surface area contributed by atoms with Crippen LogP contribution in [0.5, 0.6) is 0 Å². The normalized spacial score (nSPS) is 19.7. The summed E-state index contributed by atoms with van der Waals surface area (Å²) in [5.41, 5.74) is 0.836. The van der Waals surface area contributed by atoms with E-state index in [1.54, 1.807) is 4.90 Å². The number of aryl methyl sites for hydroxylation is 1. The number of hydrogen-bond acceptors (Lipinski definition) is 4. The minimum absolute atomic E-state index is 0.291. The van der Waals surface area contributed by atoms with Crippen LogP contribution in [-0.4, -0.2) is 41.3 Å². The lowest BCUT2D eigenvalue weighted by Gasteiger charge is -2.32. The first kappa shape index (κ1) is 16.7. The summed E-state index contributed by atoms with van der Waals surface area (Å²) < 4.78 is 24.5. The standard InChI is InChI=1S/C16H23FN2O3/c1-11-13(9-12(17)10-18-11)14-5-7-21-8-6-19(14)15(20)22-16(2,3)4/h9-10,14H,5-8H2,1-4H3. The van der Waals surface area contributed by atoms with Crippen LogP contribution in [0.4, 0.5) is 9.18 Å². The molecule has 1 aromatic heterocycles. The molecule has 1 saturated heterocycles. The second-order valence-electron chi connectivity index (χ2n) is 6.42. The summed E-state index contributed by atoms with van der Waals surface area (Å²) in [6.07, 6.45) is 1.36. The van der Waals surface area contributed by atoms with Gasteiger partial charge in [-0.15, -0.1) is 0 Å². The Balaban J connectivity index is 2.31. The van der Waals surface area contributed by atoms with E-state index < -0.39 is 17.5 Å². The van der Waals surface area contributed by atoms with Crippen LogP contribution >= 0.6 is 0 Å². The summed E-state index contributed by atoms with van der Waals surface area (Å²) in [5.74, 6) is -0.407. The first-order valence-electron chi connectivity index (χ1n) is 7.47. The molecule has 1 fully saturated rings. The van der Waals surface area contributed by atoms with Gasteiger partial charge in [-0.3, -0.25) is 9.88 Å². The molecule has 122 valence electrons. The third-order valence-corrected chi connectivity index (χ3v) is 3.47. The van der Waals surface area contributed by atoms with Crippen molar-refractivity contribution in [2.45, 2.75) is 45.8 Å². The number of ether oxygens (including phenoxy) is 2. The lowest BCUT2D eigenvalue weighted by molar-refractivity contribution is 0.0158. The van der Waals surface area contributed by atoms with Gasteiger partial charge in [0.1, 0.15) is 11.4 Å². The quantitative estimate of drug-likeness (QED) is 0.799. The van der Waals surface area contributed by atoms with Crippen LogP contribution in [-0.2, 0) is 9.47 Å². The van der Waals surface area contributed by atoms with E-state index in [2.05, 4.69) is 4.98 Å². The Morgan fingerprint density at radius 1 is 1.45 bits per heavy atom. The molecule has 1 aromatic rings. The van der Waals surface area contributed by atoms with Crippen LogP contribution in [0.15, 0.2) is 12.3 Å². The summed E-state index contributed by atoms with van der Waals surface area (Å²) >= 11 is 0. The second kappa shape index (κ2) is 6.60. The molecule has 1 aliphatic rings. The number of rotatable bonds is 1. The highest BCUT2D eigenvalue weighted by Gasteiger charge is 2.32. The summed E-state index contributed by atoms with van der Waals surface area (Å²) in [5, 5.41) is 0. The summed E-state index contributed by atoms with van der Waals surface area (Å²) in [7, 11) is 0. The molecule has 1 aliphatic heterocycles. The maximum Gasteiger partial charge on any atom is 0.410 e. The Hall–Kier alpha value is -1.69. The van der Waals surface area contributed by atoms with Crippen LogP contribution in [0.3, 0.4) is 0 Å². The van der Waals surface area contributed by atoms with Crippen LogP contribution in [0, 0.1) is 12.7 Å². The van der Waals surface area contributed by atoms with E-state index in [0.29, 0.717) is 37.4 Å². The largest absolute Gasteiger partial charge is 0.444 e. The molecule has 6 heteroatoms. The topological polar surface area (TPSA) is 51.7 Å². The van der Waals surface area contributed by atoms with Gasteiger partial charge in [-0.05, 0) is 45.7 Å². The van der Waals surface area contributed by atoms with Crippen LogP contribution in [0.25, 0.3) is 0 Å². The van der Waals surface area contributed by atoms with E-state index >= 15 is 0 Å². The van der Waals surface area contributed by atoms with Gasteiger partial charge in [-0.1, -0.05) is 0 Å². The monoisotopic (exact) mass is 310 g/mol. The third-order valence-electron chi connectivity index (χ3n) is 3.47. The molecule has 1 unspecified atom stereocenters. The highest BCUT2D eigenvalue weighted by molar-refractivity contribution is 5.69. The fourth-order valence-corrected chi connectivity index (χ4v) is 2.49. The van der Waals surface area contributed by atoms with Crippen molar-refractivity contribution >= 4 is 6.09 Å². The molecular formula is C16H23FN2O3. The number of amides is 1. The fraction of sp³-hybridized carbons (Fsp3) is 0.625. The molecule has 5 nitrogen and oxygen atoms in total. The number of pyridine rings is 1. The molecule has 1 atom stereocenters. The smallest absolute Gasteiger partial charge is 0.410 e. The predicted molar refractivity (Wildman–Crippen MR) is 80.0 cm³/mol. The van der Waals surface area contributed by atoms with Gasteiger partial charge in [0.15, 0.2) is 0 Å². The molecule has 22 heavy (non-hydrogen) atoms. The van der Waals surface area contributed by atoms with Crippen molar-refractivity contribution in [3.05, 3.63) is 29.3 Å². The second-order valence-corrected chi connectivity index (χ2v) is 6.42. The van der Waals surface area contributed by atoms with Crippen molar-refractivity contribution in [1.82, 2.24) is 9.88 Å². The minimum atomic E-state index is -0.579. The number of carbonyl (C=O) groups excluding carboxylic acids is 1. The Labute approximate surface area is 130 Å². The van der Waals surface area contributed by atoms with E-state index in [1.165, 1.54) is 12.3 Å². The van der Waals surface area contributed by atoms with Gasteiger partial charge in [-0.25, -0.2) is 9.18 Å². The van der Waals surface area contributed by atoms with Crippen molar-refractivity contribution in [2.24, 2.45) is 0 Å². The van der Waals surface area contributed by atoms with Crippen molar-refractivity contribution in [3.63, 3.8) is 0 Å². The Morgan fingerprint density at radius 2 is 2.18 bits per heavy atom. The molecule has 0 spiro atoms. The van der Waals surface area contributed by atoms with Crippen LogP contribution < -0.4 is 0 Å². The average molecular weight is 310 g/mol. The fourth-order valence-electron chi connectivity index (χ4n) is 2.49. The highest BCUT2D eigenvalue weighted by atomic mass is 19.1. The molecule has 0 N–H and O–H groups in total. The molecule has 0 radical (unpaired) electrons. The van der Waals surface area contributed by atoms with Crippen molar-refractivity contribution in [2.75, 3.05) is 19.8 Å². The maximum atomic E-state index is 13.6.